The second-order valence-corrected chi connectivity index (χ2v) is 6.74. The minimum Gasteiger partial charge on any atom is -0.495 e. The molecule has 1 saturated heterocycles. The average molecular weight is 373 g/mol. The van der Waals surface area contributed by atoms with Crippen molar-refractivity contribution >= 4 is 23.2 Å². The number of hydrogen-bond donors (Lipinski definition) is 2. The lowest BCUT2D eigenvalue weighted by molar-refractivity contribution is 0.415. The molecule has 0 radical (unpaired) electrons. The van der Waals surface area contributed by atoms with E-state index in [1.165, 1.54) is 5.56 Å². The number of ether oxygens (including phenoxy) is 1. The average Bonchev–Trinajstić information content (AvgIpc) is 3.14. The maximum absolute atomic E-state index is 6.17. The molecule has 5 nitrogen and oxygen atoms in total. The predicted molar refractivity (Wildman–Crippen MR) is 108 cm³/mol. The number of methoxy groups -OCH3 is 1. The molecule has 0 bridgehead atoms. The van der Waals surface area contributed by atoms with E-state index in [2.05, 4.69) is 32.7 Å². The van der Waals surface area contributed by atoms with Crippen LogP contribution in [0.3, 0.4) is 0 Å². The summed E-state index contributed by atoms with van der Waals surface area (Å²) in [5, 5.41) is 7.60. The molecule has 26 heavy (non-hydrogen) atoms. The lowest BCUT2D eigenvalue weighted by Crippen LogP contribution is -2.44. The maximum atomic E-state index is 6.17. The van der Waals surface area contributed by atoms with Crippen molar-refractivity contribution in [2.45, 2.75) is 19.0 Å². The number of rotatable bonds is 5. The van der Waals surface area contributed by atoms with Crippen LogP contribution in [0.25, 0.3) is 0 Å². The summed E-state index contributed by atoms with van der Waals surface area (Å²) in [6, 6.07) is 16.4. The van der Waals surface area contributed by atoms with Gasteiger partial charge in [-0.15, -0.1) is 0 Å². The Morgan fingerprint density at radius 1 is 1.27 bits per heavy atom. The summed E-state index contributed by atoms with van der Waals surface area (Å²) in [6.45, 7) is 2.58. The van der Waals surface area contributed by atoms with Crippen molar-refractivity contribution in [1.29, 1.82) is 0 Å². The van der Waals surface area contributed by atoms with E-state index in [0.29, 0.717) is 6.04 Å². The fourth-order valence-electron chi connectivity index (χ4n) is 3.18. The predicted octanol–water partition coefficient (Wildman–Crippen LogP) is 3.29. The number of halogens is 1. The summed E-state index contributed by atoms with van der Waals surface area (Å²) in [5.41, 5.74) is 2.27. The van der Waals surface area contributed by atoms with Crippen LogP contribution in [0, 0.1) is 0 Å². The van der Waals surface area contributed by atoms with Gasteiger partial charge in [0, 0.05) is 37.7 Å². The Kier molecular flexibility index (Phi) is 6.23. The summed E-state index contributed by atoms with van der Waals surface area (Å²) in [4.78, 5) is 6.64. The minimum absolute atomic E-state index is 0.320. The second kappa shape index (κ2) is 8.81. The molecule has 1 aliphatic rings. The van der Waals surface area contributed by atoms with Gasteiger partial charge >= 0.3 is 0 Å². The lowest BCUT2D eigenvalue weighted by Gasteiger charge is -2.22. The largest absolute Gasteiger partial charge is 0.495 e. The molecule has 2 aromatic rings. The number of guanidine groups is 1. The van der Waals surface area contributed by atoms with E-state index >= 15 is 0 Å². The van der Waals surface area contributed by atoms with E-state index in [0.717, 1.165) is 48.5 Å². The monoisotopic (exact) mass is 372 g/mol. The molecule has 0 amide bonds. The lowest BCUT2D eigenvalue weighted by atomic mass is 10.2. The molecule has 3 rings (SSSR count). The van der Waals surface area contributed by atoms with Crippen LogP contribution in [-0.2, 0) is 6.54 Å². The topological polar surface area (TPSA) is 48.9 Å². The van der Waals surface area contributed by atoms with Crippen molar-refractivity contribution in [2.24, 2.45) is 4.99 Å². The van der Waals surface area contributed by atoms with E-state index in [1.54, 1.807) is 14.2 Å². The number of hydrogen-bond acceptors (Lipinski definition) is 3. The first-order valence-corrected chi connectivity index (χ1v) is 9.17. The number of aliphatic imine (C=N–C) groups is 1. The molecule has 2 aromatic carbocycles. The Labute approximate surface area is 160 Å². The standard InChI is InChI=1S/C20H25ClN4O/c1-22-20(23-13-15-6-4-3-5-7-15)24-17-10-11-25(14-17)18-12-16(21)8-9-19(18)26-2/h3-9,12,17H,10-11,13-14H2,1-2H3,(H2,22,23,24). The van der Waals surface area contributed by atoms with Crippen LogP contribution in [0.2, 0.25) is 5.02 Å². The number of nitrogens with zero attached hydrogens (tertiary/aromatic N) is 2. The Hall–Kier alpha value is -2.40. The minimum atomic E-state index is 0.320. The smallest absolute Gasteiger partial charge is 0.191 e. The summed E-state index contributed by atoms with van der Waals surface area (Å²) in [6.07, 6.45) is 1.03. The molecule has 1 aliphatic heterocycles. The number of benzene rings is 2. The normalized spacial score (nSPS) is 17.3. The van der Waals surface area contributed by atoms with Crippen molar-refractivity contribution in [3.05, 3.63) is 59.1 Å². The summed E-state index contributed by atoms with van der Waals surface area (Å²) in [7, 11) is 3.49. The van der Waals surface area contributed by atoms with Crippen LogP contribution in [0.4, 0.5) is 5.69 Å². The highest BCUT2D eigenvalue weighted by molar-refractivity contribution is 6.30. The van der Waals surface area contributed by atoms with Crippen LogP contribution < -0.4 is 20.3 Å². The van der Waals surface area contributed by atoms with Gasteiger partial charge in [-0.1, -0.05) is 41.9 Å². The summed E-state index contributed by atoms with van der Waals surface area (Å²) < 4.78 is 5.48. The van der Waals surface area contributed by atoms with Gasteiger partial charge in [-0.3, -0.25) is 4.99 Å². The zero-order valence-corrected chi connectivity index (χ0v) is 16.0. The molecular weight excluding hydrogens is 348 g/mol. The van der Waals surface area contributed by atoms with Crippen molar-refractivity contribution < 1.29 is 4.74 Å². The summed E-state index contributed by atoms with van der Waals surface area (Å²) >= 11 is 6.17. The molecule has 0 aromatic heterocycles. The zero-order chi connectivity index (χ0) is 18.4. The molecule has 1 unspecified atom stereocenters. The van der Waals surface area contributed by atoms with Gasteiger partial charge in [0.2, 0.25) is 0 Å². The maximum Gasteiger partial charge on any atom is 0.191 e. The SMILES string of the molecule is CN=C(NCc1ccccc1)NC1CCN(c2cc(Cl)ccc2OC)C1. The Bertz CT molecular complexity index is 751. The highest BCUT2D eigenvalue weighted by atomic mass is 35.5. The van der Waals surface area contributed by atoms with Crippen LogP contribution >= 0.6 is 11.6 Å². The molecule has 0 aliphatic carbocycles. The zero-order valence-electron chi connectivity index (χ0n) is 15.2. The van der Waals surface area contributed by atoms with Crippen LogP contribution in [0.15, 0.2) is 53.5 Å². The Morgan fingerprint density at radius 2 is 2.08 bits per heavy atom. The van der Waals surface area contributed by atoms with Gasteiger partial charge in [-0.2, -0.15) is 0 Å². The van der Waals surface area contributed by atoms with Gasteiger partial charge in [0.15, 0.2) is 5.96 Å². The van der Waals surface area contributed by atoms with E-state index in [-0.39, 0.29) is 0 Å². The molecule has 0 spiro atoms. The van der Waals surface area contributed by atoms with Crippen LogP contribution in [0.5, 0.6) is 5.75 Å². The fraction of sp³-hybridized carbons (Fsp3) is 0.350. The number of anilines is 1. The molecule has 138 valence electrons. The molecule has 2 N–H and O–H groups in total. The van der Waals surface area contributed by atoms with E-state index < -0.39 is 0 Å². The highest BCUT2D eigenvalue weighted by Crippen LogP contribution is 2.33. The van der Waals surface area contributed by atoms with Gasteiger partial charge in [0.25, 0.3) is 0 Å². The van der Waals surface area contributed by atoms with Crippen molar-refractivity contribution in [3.63, 3.8) is 0 Å². The van der Waals surface area contributed by atoms with Crippen molar-refractivity contribution in [1.82, 2.24) is 10.6 Å². The van der Waals surface area contributed by atoms with E-state index in [9.17, 15) is 0 Å². The summed E-state index contributed by atoms with van der Waals surface area (Å²) in [5.74, 6) is 1.67. The third kappa shape index (κ3) is 4.61. The molecule has 1 heterocycles. The third-order valence-electron chi connectivity index (χ3n) is 4.54. The number of nitrogens with one attached hydrogen (secondary N) is 2. The Balaban J connectivity index is 1.57. The van der Waals surface area contributed by atoms with Gasteiger partial charge in [-0.05, 0) is 30.2 Å². The second-order valence-electron chi connectivity index (χ2n) is 6.30. The van der Waals surface area contributed by atoms with E-state index in [1.807, 2.05) is 36.4 Å². The molecule has 1 fully saturated rings. The van der Waals surface area contributed by atoms with E-state index in [4.69, 9.17) is 16.3 Å². The van der Waals surface area contributed by atoms with Gasteiger partial charge in [0.1, 0.15) is 5.75 Å². The first-order valence-electron chi connectivity index (χ1n) is 8.79. The Morgan fingerprint density at radius 3 is 2.81 bits per heavy atom. The molecular formula is C20H25ClN4O. The molecule has 1 atom stereocenters. The highest BCUT2D eigenvalue weighted by Gasteiger charge is 2.25. The first kappa shape index (κ1) is 18.4. The van der Waals surface area contributed by atoms with Gasteiger partial charge in [0.05, 0.1) is 12.8 Å². The van der Waals surface area contributed by atoms with Gasteiger partial charge < -0.3 is 20.3 Å². The fourth-order valence-corrected chi connectivity index (χ4v) is 3.34. The molecule has 6 heteroatoms. The molecule has 0 saturated carbocycles. The van der Waals surface area contributed by atoms with Crippen molar-refractivity contribution in [3.8, 4) is 5.75 Å². The van der Waals surface area contributed by atoms with Gasteiger partial charge in [-0.25, -0.2) is 0 Å². The quantitative estimate of drug-likeness (QED) is 0.624. The first-order chi connectivity index (χ1) is 12.7. The van der Waals surface area contributed by atoms with Crippen LogP contribution in [0.1, 0.15) is 12.0 Å². The van der Waals surface area contributed by atoms with Crippen molar-refractivity contribution in [2.75, 3.05) is 32.1 Å². The van der Waals surface area contributed by atoms with Crippen LogP contribution in [-0.4, -0.2) is 39.2 Å². The third-order valence-corrected chi connectivity index (χ3v) is 4.77.